The predicted octanol–water partition coefficient (Wildman–Crippen LogP) is 3.17. The quantitative estimate of drug-likeness (QED) is 0.519. The van der Waals surface area contributed by atoms with Crippen molar-refractivity contribution in [1.29, 1.82) is 0 Å². The summed E-state index contributed by atoms with van der Waals surface area (Å²) >= 11 is 0. The highest BCUT2D eigenvalue weighted by Gasteiger charge is 2.21. The smallest absolute Gasteiger partial charge is 0.0623 e. The topological polar surface area (TPSA) is 72.3 Å². The summed E-state index contributed by atoms with van der Waals surface area (Å²) in [5, 5.41) is 9.28. The molecule has 0 saturated carbocycles. The van der Waals surface area contributed by atoms with Crippen molar-refractivity contribution in [3.05, 3.63) is 35.4 Å². The number of aliphatic hydroxyl groups is 1. The van der Waals surface area contributed by atoms with Crippen molar-refractivity contribution in [1.82, 2.24) is 0 Å². The molecule has 0 amide bonds. The minimum absolute atomic E-state index is 0.0559. The average Bonchev–Trinajstić information content (AvgIpc) is 2.57. The second-order valence-electron chi connectivity index (χ2n) is 6.56. The molecule has 0 aliphatic rings. The minimum Gasteiger partial charge on any atom is -0.394 e. The van der Waals surface area contributed by atoms with Gasteiger partial charge in [-0.05, 0) is 36.8 Å². The molecule has 1 aromatic carbocycles. The lowest BCUT2D eigenvalue weighted by Gasteiger charge is -2.25. The van der Waals surface area contributed by atoms with Crippen molar-refractivity contribution >= 4 is 0 Å². The molecule has 1 unspecified atom stereocenters. The van der Waals surface area contributed by atoms with E-state index in [1.54, 1.807) is 0 Å². The number of aryl methyl sites for hydroxylation is 2. The minimum atomic E-state index is -0.642. The molecule has 3 nitrogen and oxygen atoms in total. The maximum atomic E-state index is 9.28. The van der Waals surface area contributed by atoms with Crippen molar-refractivity contribution in [3.8, 4) is 0 Å². The van der Waals surface area contributed by atoms with Gasteiger partial charge in [0.05, 0.1) is 12.1 Å². The number of rotatable bonds is 12. The molecule has 0 aromatic heterocycles. The SMILES string of the molecule is CCCCCCCCc1ccc(CCC(N)(CN)CO)cc1. The van der Waals surface area contributed by atoms with Gasteiger partial charge in [-0.2, -0.15) is 0 Å². The van der Waals surface area contributed by atoms with Crippen LogP contribution >= 0.6 is 0 Å². The monoisotopic (exact) mass is 306 g/mol. The van der Waals surface area contributed by atoms with E-state index in [2.05, 4.69) is 31.2 Å². The Kier molecular flexibility index (Phi) is 9.37. The van der Waals surface area contributed by atoms with Gasteiger partial charge in [0.2, 0.25) is 0 Å². The second kappa shape index (κ2) is 10.8. The molecule has 1 atom stereocenters. The van der Waals surface area contributed by atoms with Gasteiger partial charge in [0.15, 0.2) is 0 Å². The average molecular weight is 306 g/mol. The highest BCUT2D eigenvalue weighted by Crippen LogP contribution is 2.14. The third-order valence-corrected chi connectivity index (χ3v) is 4.47. The molecule has 0 spiro atoms. The van der Waals surface area contributed by atoms with E-state index in [9.17, 15) is 5.11 Å². The lowest BCUT2D eigenvalue weighted by molar-refractivity contribution is 0.192. The summed E-state index contributed by atoms with van der Waals surface area (Å²) in [7, 11) is 0. The van der Waals surface area contributed by atoms with Gasteiger partial charge in [-0.15, -0.1) is 0 Å². The van der Waals surface area contributed by atoms with Gasteiger partial charge in [0.25, 0.3) is 0 Å². The number of aliphatic hydroxyl groups excluding tert-OH is 1. The van der Waals surface area contributed by atoms with Crippen LogP contribution in [0.5, 0.6) is 0 Å². The van der Waals surface area contributed by atoms with E-state index in [1.165, 1.54) is 56.1 Å². The fraction of sp³-hybridized carbons (Fsp3) is 0.684. The Labute approximate surface area is 136 Å². The summed E-state index contributed by atoms with van der Waals surface area (Å²) in [5.74, 6) is 0. The fourth-order valence-corrected chi connectivity index (χ4v) is 2.62. The van der Waals surface area contributed by atoms with Crippen LogP contribution in [0.2, 0.25) is 0 Å². The number of unbranched alkanes of at least 4 members (excludes halogenated alkanes) is 5. The molecule has 0 aliphatic carbocycles. The Hall–Kier alpha value is -0.900. The lowest BCUT2D eigenvalue weighted by Crippen LogP contribution is -2.50. The van der Waals surface area contributed by atoms with Gasteiger partial charge in [-0.1, -0.05) is 63.3 Å². The van der Waals surface area contributed by atoms with E-state index >= 15 is 0 Å². The first-order valence-corrected chi connectivity index (χ1v) is 8.81. The summed E-state index contributed by atoms with van der Waals surface area (Å²) in [6, 6.07) is 8.81. The van der Waals surface area contributed by atoms with Crippen molar-refractivity contribution in [2.24, 2.45) is 11.5 Å². The zero-order valence-electron chi connectivity index (χ0n) is 14.2. The van der Waals surface area contributed by atoms with E-state index in [4.69, 9.17) is 11.5 Å². The molecule has 3 heteroatoms. The zero-order valence-corrected chi connectivity index (χ0v) is 14.2. The Balaban J connectivity index is 2.28. The molecule has 22 heavy (non-hydrogen) atoms. The van der Waals surface area contributed by atoms with E-state index < -0.39 is 5.54 Å². The summed E-state index contributed by atoms with van der Waals surface area (Å²) in [6.45, 7) is 2.52. The fourth-order valence-electron chi connectivity index (χ4n) is 2.62. The van der Waals surface area contributed by atoms with Gasteiger partial charge in [0.1, 0.15) is 0 Å². The summed E-state index contributed by atoms with van der Waals surface area (Å²) < 4.78 is 0. The molecule has 0 bridgehead atoms. The van der Waals surface area contributed by atoms with Crippen molar-refractivity contribution < 1.29 is 5.11 Å². The number of hydrogen-bond acceptors (Lipinski definition) is 3. The van der Waals surface area contributed by atoms with E-state index in [0.29, 0.717) is 6.54 Å². The Morgan fingerprint density at radius 2 is 1.45 bits per heavy atom. The molecule has 0 fully saturated rings. The van der Waals surface area contributed by atoms with E-state index in [-0.39, 0.29) is 6.61 Å². The Bertz CT molecular complexity index is 385. The highest BCUT2D eigenvalue weighted by molar-refractivity contribution is 5.23. The van der Waals surface area contributed by atoms with Crippen molar-refractivity contribution in [2.45, 2.75) is 70.3 Å². The van der Waals surface area contributed by atoms with Gasteiger partial charge >= 0.3 is 0 Å². The van der Waals surface area contributed by atoms with Crippen LogP contribution in [0.25, 0.3) is 0 Å². The maximum absolute atomic E-state index is 9.28. The van der Waals surface area contributed by atoms with Crippen LogP contribution < -0.4 is 11.5 Å². The van der Waals surface area contributed by atoms with Gasteiger partial charge < -0.3 is 16.6 Å². The van der Waals surface area contributed by atoms with Crippen LogP contribution in [0.4, 0.5) is 0 Å². The highest BCUT2D eigenvalue weighted by atomic mass is 16.3. The number of nitrogens with two attached hydrogens (primary N) is 2. The zero-order chi connectivity index (χ0) is 16.3. The molecule has 1 rings (SSSR count). The second-order valence-corrected chi connectivity index (χ2v) is 6.56. The normalized spacial score (nSPS) is 14.0. The lowest BCUT2D eigenvalue weighted by atomic mass is 9.93. The Morgan fingerprint density at radius 1 is 0.909 bits per heavy atom. The van der Waals surface area contributed by atoms with Crippen molar-refractivity contribution in [3.63, 3.8) is 0 Å². The summed E-state index contributed by atoms with van der Waals surface area (Å²) in [5.41, 5.74) is 13.7. The van der Waals surface area contributed by atoms with Crippen LogP contribution in [0.1, 0.15) is 63.0 Å². The molecule has 0 radical (unpaired) electrons. The third kappa shape index (κ3) is 7.39. The molecule has 126 valence electrons. The maximum Gasteiger partial charge on any atom is 0.0623 e. The molecule has 0 aliphatic heterocycles. The van der Waals surface area contributed by atoms with Gasteiger partial charge in [-0.25, -0.2) is 0 Å². The Morgan fingerprint density at radius 3 is 2.00 bits per heavy atom. The van der Waals surface area contributed by atoms with Crippen LogP contribution in [0.15, 0.2) is 24.3 Å². The number of hydrogen-bond donors (Lipinski definition) is 3. The largest absolute Gasteiger partial charge is 0.394 e. The summed E-state index contributed by atoms with van der Waals surface area (Å²) in [6.07, 6.45) is 10.8. The summed E-state index contributed by atoms with van der Waals surface area (Å²) in [4.78, 5) is 0. The predicted molar refractivity (Wildman–Crippen MR) is 94.9 cm³/mol. The van der Waals surface area contributed by atoms with Crippen molar-refractivity contribution in [2.75, 3.05) is 13.2 Å². The molecule has 1 aromatic rings. The standard InChI is InChI=1S/C19H34N2O/c1-2-3-4-5-6-7-8-17-9-11-18(12-10-17)13-14-19(21,15-20)16-22/h9-12,22H,2-8,13-16,20-21H2,1H3. The molecule has 0 heterocycles. The first kappa shape index (κ1) is 19.1. The van der Waals surface area contributed by atoms with Gasteiger partial charge in [0, 0.05) is 6.54 Å². The molecule has 5 N–H and O–H groups in total. The third-order valence-electron chi connectivity index (χ3n) is 4.47. The van der Waals surface area contributed by atoms with Crippen LogP contribution in [-0.4, -0.2) is 23.8 Å². The molecule has 0 saturated heterocycles. The number of benzene rings is 1. The van der Waals surface area contributed by atoms with Crippen LogP contribution in [-0.2, 0) is 12.8 Å². The van der Waals surface area contributed by atoms with E-state index in [1.807, 2.05) is 0 Å². The molecular weight excluding hydrogens is 272 g/mol. The van der Waals surface area contributed by atoms with Gasteiger partial charge in [-0.3, -0.25) is 0 Å². The van der Waals surface area contributed by atoms with Crippen LogP contribution in [0.3, 0.4) is 0 Å². The first-order chi connectivity index (χ1) is 10.6. The van der Waals surface area contributed by atoms with E-state index in [0.717, 1.165) is 12.8 Å². The van der Waals surface area contributed by atoms with Crippen LogP contribution in [0, 0.1) is 0 Å². The molecular formula is C19H34N2O. The first-order valence-electron chi connectivity index (χ1n) is 8.81.